The van der Waals surface area contributed by atoms with Gasteiger partial charge in [0.1, 0.15) is 23.6 Å². The lowest BCUT2D eigenvalue weighted by Crippen LogP contribution is -2.15. The molecule has 0 aliphatic carbocycles. The number of para-hydroxylation sites is 1. The van der Waals surface area contributed by atoms with Gasteiger partial charge in [0.25, 0.3) is 0 Å². The zero-order valence-corrected chi connectivity index (χ0v) is 13.2. The number of esters is 1. The number of alkyl halides is 1. The minimum atomic E-state index is -0.307. The largest absolute Gasteiger partial charge is 0.489 e. The fraction of sp³-hybridized carbons (Fsp3) is 0.467. The lowest BCUT2D eigenvalue weighted by atomic mass is 10.3. The highest BCUT2D eigenvalue weighted by atomic mass is 35.5. The number of carbonyl (C=O) groups is 1. The first-order valence-electron chi connectivity index (χ1n) is 6.93. The van der Waals surface area contributed by atoms with E-state index in [1.165, 1.54) is 0 Å². The minimum absolute atomic E-state index is 0.0465. The normalized spacial score (nSPS) is 11.1. The second kappa shape index (κ2) is 6.80. The molecule has 1 aromatic carbocycles. The molecule has 0 amide bonds. The monoisotopic (exact) mass is 310 g/mol. The zero-order chi connectivity index (χ0) is 15.4. The number of rotatable bonds is 6. The Bertz CT molecular complexity index is 637. The van der Waals surface area contributed by atoms with E-state index in [0.717, 1.165) is 5.52 Å². The molecule has 0 saturated carbocycles. The summed E-state index contributed by atoms with van der Waals surface area (Å²) in [6.07, 6.45) is 0.0465. The Labute approximate surface area is 128 Å². The summed E-state index contributed by atoms with van der Waals surface area (Å²) in [6.45, 7) is 6.13. The predicted octanol–water partition coefficient (Wildman–Crippen LogP) is 3.13. The molecule has 0 radical (unpaired) electrons. The molecule has 114 valence electrons. The van der Waals surface area contributed by atoms with Gasteiger partial charge in [-0.05, 0) is 32.9 Å². The first-order chi connectivity index (χ1) is 10.1. The van der Waals surface area contributed by atoms with Gasteiger partial charge in [0.2, 0.25) is 0 Å². The van der Waals surface area contributed by atoms with Gasteiger partial charge in [-0.15, -0.1) is 11.6 Å². The van der Waals surface area contributed by atoms with Crippen molar-refractivity contribution in [3.8, 4) is 5.75 Å². The molecule has 1 heterocycles. The number of aromatic nitrogens is 2. The van der Waals surface area contributed by atoms with Crippen LogP contribution in [0.5, 0.6) is 5.75 Å². The second-order valence-corrected chi connectivity index (χ2v) is 5.11. The maximum atomic E-state index is 11.7. The summed E-state index contributed by atoms with van der Waals surface area (Å²) in [7, 11) is 0. The van der Waals surface area contributed by atoms with Gasteiger partial charge in [0.05, 0.1) is 24.1 Å². The number of hydrogen-bond donors (Lipinski definition) is 0. The molecule has 2 aromatic rings. The van der Waals surface area contributed by atoms with Crippen LogP contribution in [-0.4, -0.2) is 28.2 Å². The van der Waals surface area contributed by atoms with Gasteiger partial charge >= 0.3 is 5.97 Å². The van der Waals surface area contributed by atoms with Crippen molar-refractivity contribution in [2.75, 3.05) is 6.61 Å². The van der Waals surface area contributed by atoms with Crippen LogP contribution in [0.15, 0.2) is 18.2 Å². The summed E-state index contributed by atoms with van der Waals surface area (Å²) < 4.78 is 12.5. The summed E-state index contributed by atoms with van der Waals surface area (Å²) >= 11 is 5.95. The molecular weight excluding hydrogens is 292 g/mol. The van der Waals surface area contributed by atoms with E-state index in [9.17, 15) is 4.79 Å². The van der Waals surface area contributed by atoms with Crippen molar-refractivity contribution in [3.05, 3.63) is 24.0 Å². The molecule has 0 spiro atoms. The van der Waals surface area contributed by atoms with Crippen molar-refractivity contribution < 1.29 is 14.3 Å². The summed E-state index contributed by atoms with van der Waals surface area (Å²) in [5, 5.41) is 0. The molecule has 0 atom stereocenters. The Hall–Kier alpha value is -1.75. The van der Waals surface area contributed by atoms with E-state index in [-0.39, 0.29) is 24.5 Å². The Kier molecular flexibility index (Phi) is 5.07. The number of halogens is 1. The average molecular weight is 311 g/mol. The fourth-order valence-electron chi connectivity index (χ4n) is 2.13. The summed E-state index contributed by atoms with van der Waals surface area (Å²) in [5.41, 5.74) is 1.53. The molecule has 0 N–H and O–H groups in total. The highest BCUT2D eigenvalue weighted by molar-refractivity contribution is 6.17. The number of fused-ring (bicyclic) bond motifs is 1. The first kappa shape index (κ1) is 15.6. The number of nitrogens with zero attached hydrogens (tertiary/aromatic N) is 2. The molecule has 0 fully saturated rings. The summed E-state index contributed by atoms with van der Waals surface area (Å²) in [4.78, 5) is 16.2. The van der Waals surface area contributed by atoms with E-state index in [1.54, 1.807) is 11.5 Å². The van der Waals surface area contributed by atoms with Crippen LogP contribution in [-0.2, 0) is 22.0 Å². The number of carbonyl (C=O) groups excluding carboxylic acids is 1. The van der Waals surface area contributed by atoms with E-state index in [1.807, 2.05) is 32.0 Å². The van der Waals surface area contributed by atoms with Crippen LogP contribution in [0.3, 0.4) is 0 Å². The Balaban J connectivity index is 2.46. The van der Waals surface area contributed by atoms with Gasteiger partial charge < -0.3 is 14.0 Å². The summed E-state index contributed by atoms with van der Waals surface area (Å²) in [6, 6.07) is 5.63. The third-order valence-corrected chi connectivity index (χ3v) is 3.13. The highest BCUT2D eigenvalue weighted by Gasteiger charge is 2.16. The van der Waals surface area contributed by atoms with Crippen LogP contribution in [0, 0.1) is 0 Å². The maximum absolute atomic E-state index is 11.7. The van der Waals surface area contributed by atoms with Crippen LogP contribution in [0.1, 0.15) is 26.6 Å². The van der Waals surface area contributed by atoms with E-state index < -0.39 is 0 Å². The van der Waals surface area contributed by atoms with Gasteiger partial charge in [-0.25, -0.2) is 4.98 Å². The van der Waals surface area contributed by atoms with Crippen LogP contribution in [0.2, 0.25) is 0 Å². The van der Waals surface area contributed by atoms with Crippen LogP contribution in [0.25, 0.3) is 11.0 Å². The van der Waals surface area contributed by atoms with Gasteiger partial charge in [-0.1, -0.05) is 6.07 Å². The van der Waals surface area contributed by atoms with Gasteiger partial charge in [-0.3, -0.25) is 4.79 Å². The number of imidazole rings is 1. The predicted molar refractivity (Wildman–Crippen MR) is 81.7 cm³/mol. The van der Waals surface area contributed by atoms with Crippen molar-refractivity contribution in [1.29, 1.82) is 0 Å². The lowest BCUT2D eigenvalue weighted by molar-refractivity contribution is -0.143. The van der Waals surface area contributed by atoms with Gasteiger partial charge in [0, 0.05) is 0 Å². The van der Waals surface area contributed by atoms with E-state index in [4.69, 9.17) is 21.1 Å². The standard InChI is InChI=1S/C15H19ClN2O3/c1-4-20-14(19)9-18-11-6-5-7-12(21-10(2)3)15(11)17-13(18)8-16/h5-7,10H,4,8-9H2,1-3H3. The minimum Gasteiger partial charge on any atom is -0.489 e. The SMILES string of the molecule is CCOC(=O)Cn1c(CCl)nc2c(OC(C)C)cccc21. The van der Waals surface area contributed by atoms with Crippen molar-refractivity contribution in [1.82, 2.24) is 9.55 Å². The molecule has 6 heteroatoms. The smallest absolute Gasteiger partial charge is 0.326 e. The number of hydrogen-bond acceptors (Lipinski definition) is 4. The first-order valence-corrected chi connectivity index (χ1v) is 7.46. The maximum Gasteiger partial charge on any atom is 0.326 e. The molecule has 21 heavy (non-hydrogen) atoms. The van der Waals surface area contributed by atoms with Crippen LogP contribution >= 0.6 is 11.6 Å². The molecule has 1 aromatic heterocycles. The Morgan fingerprint density at radius 1 is 1.43 bits per heavy atom. The molecule has 0 bridgehead atoms. The quantitative estimate of drug-likeness (QED) is 0.607. The van der Waals surface area contributed by atoms with Crippen molar-refractivity contribution >= 4 is 28.6 Å². The molecular formula is C15H19ClN2O3. The topological polar surface area (TPSA) is 53.4 Å². The van der Waals surface area contributed by atoms with E-state index in [0.29, 0.717) is 23.7 Å². The molecule has 0 unspecified atom stereocenters. The number of ether oxygens (including phenoxy) is 2. The van der Waals surface area contributed by atoms with Crippen LogP contribution in [0.4, 0.5) is 0 Å². The Morgan fingerprint density at radius 3 is 2.81 bits per heavy atom. The van der Waals surface area contributed by atoms with Crippen LogP contribution < -0.4 is 4.74 Å². The molecule has 5 nitrogen and oxygen atoms in total. The summed E-state index contributed by atoms with van der Waals surface area (Å²) in [5.74, 6) is 1.23. The fourth-order valence-corrected chi connectivity index (χ4v) is 2.34. The van der Waals surface area contributed by atoms with Gasteiger partial charge in [-0.2, -0.15) is 0 Å². The van der Waals surface area contributed by atoms with Crippen molar-refractivity contribution in [2.45, 2.75) is 39.3 Å². The van der Waals surface area contributed by atoms with Crippen molar-refractivity contribution in [3.63, 3.8) is 0 Å². The van der Waals surface area contributed by atoms with Gasteiger partial charge in [0.15, 0.2) is 0 Å². The third kappa shape index (κ3) is 3.47. The number of benzene rings is 1. The second-order valence-electron chi connectivity index (χ2n) is 4.84. The van der Waals surface area contributed by atoms with Crippen molar-refractivity contribution in [2.24, 2.45) is 0 Å². The zero-order valence-electron chi connectivity index (χ0n) is 12.4. The highest BCUT2D eigenvalue weighted by Crippen LogP contribution is 2.27. The molecule has 0 aliphatic heterocycles. The molecule has 0 saturated heterocycles. The molecule has 0 aliphatic rings. The average Bonchev–Trinajstić information content (AvgIpc) is 2.78. The third-order valence-electron chi connectivity index (χ3n) is 2.90. The van der Waals surface area contributed by atoms with E-state index >= 15 is 0 Å². The Morgan fingerprint density at radius 2 is 2.19 bits per heavy atom. The molecule has 2 rings (SSSR count). The lowest BCUT2D eigenvalue weighted by Gasteiger charge is -2.10. The van der Waals surface area contributed by atoms with E-state index in [2.05, 4.69) is 4.98 Å².